The molecule has 13 heteroatoms. The molecule has 2 amide bonds. The van der Waals surface area contributed by atoms with E-state index in [-0.39, 0.29) is 46.5 Å². The summed E-state index contributed by atoms with van der Waals surface area (Å²) < 4.78 is 0. The number of rotatable bonds is 10. The molecule has 0 radical (unpaired) electrons. The predicted molar refractivity (Wildman–Crippen MR) is 122 cm³/mol. The standard InChI is InChI=1S/C20H35N7O5S/c28-15(7-8-16-23-19(26-32-16)14-6-9-17(33-14)27(30)31)21-10-3-11-22-18-12-4-1-2-5-13(12)20(29)25-24-18/h12-14,16-19,22-24,26H,1-11H2,(H,21,28)(H,25,29). The number of hydroxylamine groups is 1. The average molecular weight is 486 g/mol. The molecule has 1 aliphatic carbocycles. The van der Waals surface area contributed by atoms with Crippen molar-refractivity contribution >= 4 is 23.6 Å². The minimum absolute atomic E-state index is 0.0251. The Morgan fingerprint density at radius 2 is 2.06 bits per heavy atom. The molecule has 6 N–H and O–H groups in total. The molecule has 3 saturated heterocycles. The van der Waals surface area contributed by atoms with Crippen LogP contribution in [0.15, 0.2) is 0 Å². The summed E-state index contributed by atoms with van der Waals surface area (Å²) in [7, 11) is 0. The molecule has 3 heterocycles. The number of hydrazine groups is 1. The topological polar surface area (TPSA) is 159 Å². The van der Waals surface area contributed by atoms with Gasteiger partial charge in [0.2, 0.25) is 11.8 Å². The molecule has 4 aliphatic rings. The Labute approximate surface area is 197 Å². The van der Waals surface area contributed by atoms with Crippen LogP contribution in [0.1, 0.15) is 57.8 Å². The van der Waals surface area contributed by atoms with E-state index >= 15 is 0 Å². The van der Waals surface area contributed by atoms with Crippen LogP contribution >= 0.6 is 11.8 Å². The van der Waals surface area contributed by atoms with E-state index in [1.54, 1.807) is 0 Å². The van der Waals surface area contributed by atoms with Gasteiger partial charge in [0.1, 0.15) is 6.23 Å². The summed E-state index contributed by atoms with van der Waals surface area (Å²) in [5, 5.41) is 20.2. The number of carbonyl (C=O) groups excluding carboxylic acids is 2. The summed E-state index contributed by atoms with van der Waals surface area (Å²) in [4.78, 5) is 40.4. The highest BCUT2D eigenvalue weighted by atomic mass is 32.2. The second-order valence-corrected chi connectivity index (χ2v) is 10.6. The van der Waals surface area contributed by atoms with Gasteiger partial charge in [0.15, 0.2) is 0 Å². The zero-order chi connectivity index (χ0) is 23.2. The van der Waals surface area contributed by atoms with Crippen LogP contribution < -0.4 is 32.3 Å². The van der Waals surface area contributed by atoms with Crippen molar-refractivity contribution in [2.24, 2.45) is 11.8 Å². The zero-order valence-electron chi connectivity index (χ0n) is 18.7. The minimum atomic E-state index is -0.547. The third kappa shape index (κ3) is 6.55. The van der Waals surface area contributed by atoms with E-state index in [2.05, 4.69) is 32.3 Å². The fourth-order valence-corrected chi connectivity index (χ4v) is 6.49. The van der Waals surface area contributed by atoms with Gasteiger partial charge in [-0.3, -0.25) is 35.3 Å². The molecule has 7 unspecified atom stereocenters. The molecule has 3 aliphatic heterocycles. The summed E-state index contributed by atoms with van der Waals surface area (Å²) in [6.07, 6.45) is 6.95. The lowest BCUT2D eigenvalue weighted by Gasteiger charge is -2.41. The molecular formula is C20H35N7O5S. The van der Waals surface area contributed by atoms with Crippen LogP contribution in [0.5, 0.6) is 0 Å². The Bertz CT molecular complexity index is 716. The first-order valence-electron chi connectivity index (χ1n) is 12.0. The molecular weight excluding hydrogens is 450 g/mol. The van der Waals surface area contributed by atoms with E-state index in [0.717, 1.165) is 38.6 Å². The van der Waals surface area contributed by atoms with E-state index in [1.807, 2.05) is 0 Å². The van der Waals surface area contributed by atoms with Crippen LogP contribution in [0, 0.1) is 22.0 Å². The van der Waals surface area contributed by atoms with Crippen molar-refractivity contribution in [2.75, 3.05) is 13.1 Å². The average Bonchev–Trinajstić information content (AvgIpc) is 3.49. The first kappa shape index (κ1) is 24.6. The van der Waals surface area contributed by atoms with Gasteiger partial charge < -0.3 is 10.6 Å². The van der Waals surface area contributed by atoms with Crippen molar-refractivity contribution in [3.63, 3.8) is 0 Å². The van der Waals surface area contributed by atoms with Gasteiger partial charge in [-0.1, -0.05) is 24.6 Å². The molecule has 4 fully saturated rings. The van der Waals surface area contributed by atoms with Gasteiger partial charge in [-0.15, -0.1) is 0 Å². The molecule has 4 rings (SSSR count). The predicted octanol–water partition coefficient (Wildman–Crippen LogP) is -0.0956. The summed E-state index contributed by atoms with van der Waals surface area (Å²) >= 11 is 1.36. The molecule has 0 aromatic carbocycles. The van der Waals surface area contributed by atoms with Crippen LogP contribution in [0.25, 0.3) is 0 Å². The van der Waals surface area contributed by atoms with Crippen LogP contribution in [-0.2, 0) is 14.4 Å². The van der Waals surface area contributed by atoms with Crippen LogP contribution in [0.4, 0.5) is 0 Å². The summed E-state index contributed by atoms with van der Waals surface area (Å²) in [6, 6.07) is 0. The lowest BCUT2D eigenvalue weighted by atomic mass is 9.76. The summed E-state index contributed by atoms with van der Waals surface area (Å²) in [6.45, 7) is 1.33. The van der Waals surface area contributed by atoms with Crippen molar-refractivity contribution in [3.05, 3.63) is 10.1 Å². The minimum Gasteiger partial charge on any atom is -0.356 e. The first-order valence-corrected chi connectivity index (χ1v) is 13.0. The van der Waals surface area contributed by atoms with Gasteiger partial charge in [0.25, 0.3) is 5.37 Å². The fourth-order valence-electron chi connectivity index (χ4n) is 5.15. The number of fused-ring (bicyclic) bond motifs is 1. The van der Waals surface area contributed by atoms with Crippen LogP contribution in [0.2, 0.25) is 0 Å². The zero-order valence-corrected chi connectivity index (χ0v) is 19.5. The van der Waals surface area contributed by atoms with Gasteiger partial charge in [-0.2, -0.15) is 5.48 Å². The van der Waals surface area contributed by atoms with Crippen molar-refractivity contribution in [3.8, 4) is 0 Å². The second kappa shape index (κ2) is 11.8. The highest BCUT2D eigenvalue weighted by molar-refractivity contribution is 8.00. The maximum Gasteiger partial charge on any atom is 0.258 e. The Hall–Kier alpha value is -1.51. The number of hydrogen-bond donors (Lipinski definition) is 6. The number of hydrogen-bond acceptors (Lipinski definition) is 10. The number of thioether (sulfide) groups is 1. The lowest BCUT2D eigenvalue weighted by Crippen LogP contribution is -2.64. The van der Waals surface area contributed by atoms with Gasteiger partial charge >= 0.3 is 0 Å². The summed E-state index contributed by atoms with van der Waals surface area (Å²) in [5.74, 6) is 0.504. The number of nitro groups is 1. The largest absolute Gasteiger partial charge is 0.356 e. The Morgan fingerprint density at radius 3 is 2.88 bits per heavy atom. The molecule has 33 heavy (non-hydrogen) atoms. The fraction of sp³-hybridized carbons (Fsp3) is 0.900. The monoisotopic (exact) mass is 485 g/mol. The number of nitrogens with one attached hydrogen (secondary N) is 6. The number of nitrogens with zero attached hydrogens (tertiary/aromatic N) is 1. The Kier molecular flexibility index (Phi) is 8.77. The normalized spacial score (nSPS) is 36.2. The molecule has 1 saturated carbocycles. The lowest BCUT2D eigenvalue weighted by molar-refractivity contribution is -0.494. The molecule has 0 aromatic heterocycles. The van der Waals surface area contributed by atoms with Gasteiger partial charge in [-0.05, 0) is 38.6 Å². The van der Waals surface area contributed by atoms with Crippen molar-refractivity contribution in [1.29, 1.82) is 0 Å². The highest BCUT2D eigenvalue weighted by Gasteiger charge is 2.41. The molecule has 0 spiro atoms. The third-order valence-electron chi connectivity index (χ3n) is 6.95. The Balaban J connectivity index is 1.05. The van der Waals surface area contributed by atoms with E-state index in [9.17, 15) is 19.7 Å². The highest BCUT2D eigenvalue weighted by Crippen LogP contribution is 2.36. The van der Waals surface area contributed by atoms with Gasteiger partial charge in [0, 0.05) is 41.4 Å². The van der Waals surface area contributed by atoms with E-state index < -0.39 is 5.37 Å². The molecule has 7 atom stereocenters. The molecule has 186 valence electrons. The number of amides is 2. The van der Waals surface area contributed by atoms with E-state index in [1.165, 1.54) is 18.2 Å². The SMILES string of the molecule is O=C(CCC1NC(C2CCC([N+](=O)[O-])S2)NO1)NCCCNC1NNC(=O)C2CCCCC12. The van der Waals surface area contributed by atoms with Crippen LogP contribution in [0.3, 0.4) is 0 Å². The smallest absolute Gasteiger partial charge is 0.258 e. The third-order valence-corrected chi connectivity index (χ3v) is 8.53. The quantitative estimate of drug-likeness (QED) is 0.140. The van der Waals surface area contributed by atoms with E-state index in [0.29, 0.717) is 31.7 Å². The maximum atomic E-state index is 12.2. The van der Waals surface area contributed by atoms with Gasteiger partial charge in [-0.25, -0.2) is 5.43 Å². The Morgan fingerprint density at radius 1 is 1.21 bits per heavy atom. The van der Waals surface area contributed by atoms with Gasteiger partial charge in [0.05, 0.1) is 12.3 Å². The maximum absolute atomic E-state index is 12.2. The van der Waals surface area contributed by atoms with Crippen molar-refractivity contribution < 1.29 is 19.3 Å². The summed E-state index contributed by atoms with van der Waals surface area (Å²) in [5.41, 5.74) is 8.80. The second-order valence-electron chi connectivity index (χ2n) is 9.22. The molecule has 0 aromatic rings. The first-order chi connectivity index (χ1) is 16.0. The number of carbonyl (C=O) groups is 2. The van der Waals surface area contributed by atoms with E-state index in [4.69, 9.17) is 4.84 Å². The molecule has 12 nitrogen and oxygen atoms in total. The molecule has 0 bridgehead atoms. The van der Waals surface area contributed by atoms with Crippen LogP contribution in [-0.4, -0.2) is 59.0 Å². The van der Waals surface area contributed by atoms with Crippen molar-refractivity contribution in [2.45, 2.75) is 87.0 Å². The van der Waals surface area contributed by atoms with Crippen molar-refractivity contribution in [1.82, 2.24) is 32.3 Å².